The smallest absolute Gasteiger partial charge is 0.308 e. The lowest BCUT2D eigenvalue weighted by Crippen LogP contribution is -2.40. The number of nitrogens with zero attached hydrogens (tertiary/aromatic N) is 1. The van der Waals surface area contributed by atoms with Gasteiger partial charge in [0.05, 0.1) is 5.92 Å². The van der Waals surface area contributed by atoms with E-state index < -0.39 is 5.97 Å². The van der Waals surface area contributed by atoms with Crippen LogP contribution in [0.2, 0.25) is 0 Å². The Morgan fingerprint density at radius 1 is 1.44 bits per heavy atom. The monoisotopic (exact) mass is 225 g/mol. The summed E-state index contributed by atoms with van der Waals surface area (Å²) in [7, 11) is 0. The van der Waals surface area contributed by atoms with Crippen LogP contribution in [-0.4, -0.2) is 34.0 Å². The third-order valence-electron chi connectivity index (χ3n) is 4.14. The molecule has 2 aliphatic rings. The molecule has 4 unspecified atom stereocenters. The van der Waals surface area contributed by atoms with E-state index in [-0.39, 0.29) is 29.8 Å². The van der Waals surface area contributed by atoms with Crippen LogP contribution in [-0.2, 0) is 9.59 Å². The van der Waals surface area contributed by atoms with Crippen molar-refractivity contribution in [3.63, 3.8) is 0 Å². The van der Waals surface area contributed by atoms with E-state index >= 15 is 0 Å². The Labute approximate surface area is 95.6 Å². The normalized spacial score (nSPS) is 34.1. The molecular formula is C12H19NO3. The fourth-order valence-electron chi connectivity index (χ4n) is 3.03. The SMILES string of the molecule is CCC(C)C(=O)N1C2CCC1C(C(=O)O)C2. The molecule has 1 amide bonds. The van der Waals surface area contributed by atoms with Crippen LogP contribution in [0.15, 0.2) is 0 Å². The van der Waals surface area contributed by atoms with Crippen molar-refractivity contribution in [2.75, 3.05) is 0 Å². The molecule has 2 heterocycles. The second-order valence-electron chi connectivity index (χ2n) is 5.03. The fourth-order valence-corrected chi connectivity index (χ4v) is 3.03. The number of hydrogen-bond acceptors (Lipinski definition) is 2. The molecule has 2 saturated heterocycles. The number of carbonyl (C=O) groups is 2. The van der Waals surface area contributed by atoms with Gasteiger partial charge in [-0.15, -0.1) is 0 Å². The first-order chi connectivity index (χ1) is 7.56. The number of amides is 1. The molecule has 4 nitrogen and oxygen atoms in total. The largest absolute Gasteiger partial charge is 0.481 e. The molecule has 90 valence electrons. The van der Waals surface area contributed by atoms with Crippen molar-refractivity contribution in [2.45, 2.75) is 51.6 Å². The minimum atomic E-state index is -0.742. The number of carbonyl (C=O) groups excluding carboxylic acids is 1. The molecule has 2 bridgehead atoms. The standard InChI is InChI=1S/C12H19NO3/c1-3-7(2)11(14)13-8-4-5-10(13)9(6-8)12(15)16/h7-10H,3-6H2,1-2H3,(H,15,16). The second-order valence-corrected chi connectivity index (χ2v) is 5.03. The van der Waals surface area contributed by atoms with Gasteiger partial charge >= 0.3 is 5.97 Å². The summed E-state index contributed by atoms with van der Waals surface area (Å²) in [4.78, 5) is 25.1. The van der Waals surface area contributed by atoms with Gasteiger partial charge in [-0.2, -0.15) is 0 Å². The number of hydrogen-bond donors (Lipinski definition) is 1. The molecule has 0 saturated carbocycles. The molecule has 16 heavy (non-hydrogen) atoms. The summed E-state index contributed by atoms with van der Waals surface area (Å²) in [5.74, 6) is -0.893. The number of fused-ring (bicyclic) bond motifs is 2. The highest BCUT2D eigenvalue weighted by Gasteiger charge is 2.51. The highest BCUT2D eigenvalue weighted by molar-refractivity contribution is 5.82. The van der Waals surface area contributed by atoms with Crippen LogP contribution in [0.25, 0.3) is 0 Å². The molecule has 4 heteroatoms. The van der Waals surface area contributed by atoms with Crippen LogP contribution >= 0.6 is 0 Å². The molecule has 0 spiro atoms. The Bertz CT molecular complexity index is 315. The van der Waals surface area contributed by atoms with Gasteiger partial charge in [0, 0.05) is 18.0 Å². The van der Waals surface area contributed by atoms with Gasteiger partial charge in [-0.05, 0) is 25.7 Å². The van der Waals surface area contributed by atoms with Gasteiger partial charge in [0.25, 0.3) is 0 Å². The lowest BCUT2D eigenvalue weighted by atomic mass is 9.89. The Morgan fingerprint density at radius 2 is 2.12 bits per heavy atom. The first-order valence-corrected chi connectivity index (χ1v) is 6.11. The van der Waals surface area contributed by atoms with Gasteiger partial charge in [-0.3, -0.25) is 9.59 Å². The highest BCUT2D eigenvalue weighted by atomic mass is 16.4. The number of carboxylic acid groups (broad SMARTS) is 1. The predicted molar refractivity (Wildman–Crippen MR) is 58.9 cm³/mol. The van der Waals surface area contributed by atoms with E-state index in [0.717, 1.165) is 19.3 Å². The molecule has 1 N–H and O–H groups in total. The first-order valence-electron chi connectivity index (χ1n) is 6.11. The highest BCUT2D eigenvalue weighted by Crippen LogP contribution is 2.42. The van der Waals surface area contributed by atoms with Crippen molar-refractivity contribution in [1.82, 2.24) is 4.90 Å². The Morgan fingerprint density at radius 3 is 2.62 bits per heavy atom. The summed E-state index contributed by atoms with van der Waals surface area (Å²) in [6, 6.07) is 0.150. The van der Waals surface area contributed by atoms with E-state index in [1.165, 1.54) is 0 Å². The van der Waals surface area contributed by atoms with Gasteiger partial charge in [0.2, 0.25) is 5.91 Å². The van der Waals surface area contributed by atoms with E-state index in [1.807, 2.05) is 18.7 Å². The van der Waals surface area contributed by atoms with Crippen molar-refractivity contribution < 1.29 is 14.7 Å². The molecule has 2 rings (SSSR count). The maximum absolute atomic E-state index is 12.1. The first kappa shape index (κ1) is 11.4. The van der Waals surface area contributed by atoms with E-state index in [9.17, 15) is 9.59 Å². The van der Waals surface area contributed by atoms with Crippen molar-refractivity contribution in [2.24, 2.45) is 11.8 Å². The van der Waals surface area contributed by atoms with E-state index in [1.54, 1.807) is 0 Å². The Kier molecular flexibility index (Phi) is 2.91. The van der Waals surface area contributed by atoms with Gasteiger partial charge in [0.1, 0.15) is 0 Å². The van der Waals surface area contributed by atoms with E-state index in [2.05, 4.69) is 0 Å². The topological polar surface area (TPSA) is 57.6 Å². The van der Waals surface area contributed by atoms with Gasteiger partial charge in [-0.25, -0.2) is 0 Å². The average Bonchev–Trinajstić information content (AvgIpc) is 2.83. The maximum atomic E-state index is 12.1. The molecule has 0 aromatic rings. The molecule has 0 radical (unpaired) electrons. The fraction of sp³-hybridized carbons (Fsp3) is 0.833. The van der Waals surface area contributed by atoms with Crippen molar-refractivity contribution in [1.29, 1.82) is 0 Å². The third kappa shape index (κ3) is 1.60. The average molecular weight is 225 g/mol. The summed E-state index contributed by atoms with van der Waals surface area (Å²) in [5, 5.41) is 9.09. The maximum Gasteiger partial charge on any atom is 0.308 e. The zero-order valence-corrected chi connectivity index (χ0v) is 9.85. The quantitative estimate of drug-likeness (QED) is 0.791. The van der Waals surface area contributed by atoms with E-state index in [0.29, 0.717) is 6.42 Å². The minimum absolute atomic E-state index is 0.0237. The van der Waals surface area contributed by atoms with E-state index in [4.69, 9.17) is 5.11 Å². The van der Waals surface area contributed by atoms with Crippen LogP contribution < -0.4 is 0 Å². The van der Waals surface area contributed by atoms with Crippen LogP contribution in [0, 0.1) is 11.8 Å². The predicted octanol–water partition coefficient (Wildman–Crippen LogP) is 1.50. The second kappa shape index (κ2) is 4.07. The minimum Gasteiger partial charge on any atom is -0.481 e. The summed E-state index contributed by atoms with van der Waals surface area (Å²) in [6.07, 6.45) is 3.33. The Hall–Kier alpha value is -1.06. The summed E-state index contributed by atoms with van der Waals surface area (Å²) >= 11 is 0. The molecule has 0 aromatic carbocycles. The van der Waals surface area contributed by atoms with Crippen LogP contribution in [0.3, 0.4) is 0 Å². The molecule has 0 aromatic heterocycles. The molecule has 4 atom stereocenters. The molecule has 2 fully saturated rings. The lowest BCUT2D eigenvalue weighted by Gasteiger charge is -2.25. The van der Waals surface area contributed by atoms with Crippen molar-refractivity contribution >= 4 is 11.9 Å². The van der Waals surface area contributed by atoms with Crippen molar-refractivity contribution in [3.05, 3.63) is 0 Å². The lowest BCUT2D eigenvalue weighted by molar-refractivity contribution is -0.143. The number of rotatable bonds is 3. The van der Waals surface area contributed by atoms with Crippen LogP contribution in [0.5, 0.6) is 0 Å². The van der Waals surface area contributed by atoms with Gasteiger partial charge in [-0.1, -0.05) is 13.8 Å². The van der Waals surface area contributed by atoms with Gasteiger partial charge < -0.3 is 10.0 Å². The molecule has 2 aliphatic heterocycles. The zero-order chi connectivity index (χ0) is 11.9. The molecular weight excluding hydrogens is 206 g/mol. The molecule has 0 aliphatic carbocycles. The number of carboxylic acids is 1. The Balaban J connectivity index is 2.13. The van der Waals surface area contributed by atoms with Crippen LogP contribution in [0.1, 0.15) is 39.5 Å². The van der Waals surface area contributed by atoms with Gasteiger partial charge in [0.15, 0.2) is 0 Å². The van der Waals surface area contributed by atoms with Crippen molar-refractivity contribution in [3.8, 4) is 0 Å². The third-order valence-corrected chi connectivity index (χ3v) is 4.14. The summed E-state index contributed by atoms with van der Waals surface area (Å²) < 4.78 is 0. The zero-order valence-electron chi connectivity index (χ0n) is 9.85. The summed E-state index contributed by atoms with van der Waals surface area (Å²) in [5.41, 5.74) is 0. The summed E-state index contributed by atoms with van der Waals surface area (Å²) in [6.45, 7) is 3.92. The number of aliphatic carboxylic acids is 1. The van der Waals surface area contributed by atoms with Crippen LogP contribution in [0.4, 0.5) is 0 Å².